The number of nitrogens with one attached hydrogen (secondary N) is 1. The number of aryl methyl sites for hydroxylation is 1. The van der Waals surface area contributed by atoms with Crippen molar-refractivity contribution < 1.29 is 4.52 Å². The molecular formula is C12H16N4OS. The van der Waals surface area contributed by atoms with Gasteiger partial charge in [0.25, 0.3) is 0 Å². The van der Waals surface area contributed by atoms with Gasteiger partial charge in [0.15, 0.2) is 0 Å². The standard InChI is InChI=1S/C12H16N4OS/c1(9-3-5-13-6-4-9)2-11-15-12(16-17-11)10-7-18-8-14-10/h7-9,13H,1-6H2. The summed E-state index contributed by atoms with van der Waals surface area (Å²) in [5.74, 6) is 2.13. The Morgan fingerprint density at radius 1 is 1.39 bits per heavy atom. The molecule has 2 aromatic rings. The maximum Gasteiger partial charge on any atom is 0.227 e. The molecule has 0 bridgehead atoms. The fourth-order valence-electron chi connectivity index (χ4n) is 2.28. The molecule has 3 rings (SSSR count). The lowest BCUT2D eigenvalue weighted by molar-refractivity contribution is 0.324. The van der Waals surface area contributed by atoms with Crippen LogP contribution in [-0.2, 0) is 6.42 Å². The van der Waals surface area contributed by atoms with E-state index in [0.29, 0.717) is 5.82 Å². The van der Waals surface area contributed by atoms with Crippen LogP contribution in [0.3, 0.4) is 0 Å². The molecule has 3 heterocycles. The number of hydrogen-bond acceptors (Lipinski definition) is 6. The summed E-state index contributed by atoms with van der Waals surface area (Å²) in [5.41, 5.74) is 2.58. The molecule has 5 nitrogen and oxygen atoms in total. The zero-order chi connectivity index (χ0) is 12.2. The average Bonchev–Trinajstić information content (AvgIpc) is 3.08. The lowest BCUT2D eigenvalue weighted by Crippen LogP contribution is -2.27. The van der Waals surface area contributed by atoms with E-state index in [1.165, 1.54) is 12.8 Å². The molecule has 0 amide bonds. The summed E-state index contributed by atoms with van der Waals surface area (Å²) in [6.07, 6.45) is 4.53. The maximum absolute atomic E-state index is 5.27. The first-order valence-electron chi connectivity index (χ1n) is 6.33. The molecule has 96 valence electrons. The molecule has 1 fully saturated rings. The summed E-state index contributed by atoms with van der Waals surface area (Å²) in [6.45, 7) is 2.27. The van der Waals surface area contributed by atoms with Gasteiger partial charge in [0, 0.05) is 11.8 Å². The van der Waals surface area contributed by atoms with Gasteiger partial charge in [-0.15, -0.1) is 11.3 Å². The Morgan fingerprint density at radius 3 is 3.06 bits per heavy atom. The lowest BCUT2D eigenvalue weighted by Gasteiger charge is -2.21. The van der Waals surface area contributed by atoms with Gasteiger partial charge in [0.2, 0.25) is 11.7 Å². The predicted molar refractivity (Wildman–Crippen MR) is 69.3 cm³/mol. The molecule has 0 aromatic carbocycles. The van der Waals surface area contributed by atoms with Crippen LogP contribution < -0.4 is 5.32 Å². The van der Waals surface area contributed by atoms with Gasteiger partial charge in [0.05, 0.1) is 5.51 Å². The zero-order valence-corrected chi connectivity index (χ0v) is 10.9. The second-order valence-electron chi connectivity index (χ2n) is 4.62. The SMILES string of the molecule is c1nc(-c2noc(CCC3CCNCC3)n2)cs1. The van der Waals surface area contributed by atoms with Crippen LogP contribution in [0.5, 0.6) is 0 Å². The first kappa shape index (κ1) is 11.8. The molecule has 1 aliphatic heterocycles. The Balaban J connectivity index is 1.57. The second-order valence-corrected chi connectivity index (χ2v) is 5.34. The van der Waals surface area contributed by atoms with Gasteiger partial charge in [-0.3, -0.25) is 0 Å². The Labute approximate surface area is 110 Å². The van der Waals surface area contributed by atoms with E-state index in [1.807, 2.05) is 5.38 Å². The van der Waals surface area contributed by atoms with Crippen LogP contribution in [0.15, 0.2) is 15.4 Å². The van der Waals surface area contributed by atoms with Crippen LogP contribution in [0.2, 0.25) is 0 Å². The minimum atomic E-state index is 0.608. The normalized spacial score (nSPS) is 17.1. The summed E-state index contributed by atoms with van der Waals surface area (Å²) in [6, 6.07) is 0. The van der Waals surface area contributed by atoms with E-state index in [9.17, 15) is 0 Å². The third-order valence-corrected chi connectivity index (χ3v) is 3.94. The van der Waals surface area contributed by atoms with E-state index in [0.717, 1.165) is 43.4 Å². The molecule has 6 heteroatoms. The third-order valence-electron chi connectivity index (χ3n) is 3.35. The molecule has 1 aliphatic rings. The van der Waals surface area contributed by atoms with E-state index < -0.39 is 0 Å². The van der Waals surface area contributed by atoms with Gasteiger partial charge in [-0.1, -0.05) is 5.16 Å². The van der Waals surface area contributed by atoms with Crippen LogP contribution in [0.25, 0.3) is 11.5 Å². The molecule has 0 aliphatic carbocycles. The van der Waals surface area contributed by atoms with Crippen molar-refractivity contribution in [3.63, 3.8) is 0 Å². The molecular weight excluding hydrogens is 248 g/mol. The molecule has 0 unspecified atom stereocenters. The molecule has 1 saturated heterocycles. The fourth-order valence-corrected chi connectivity index (χ4v) is 2.81. The molecule has 1 N–H and O–H groups in total. The molecule has 0 spiro atoms. The molecule has 2 aromatic heterocycles. The second kappa shape index (κ2) is 5.58. The maximum atomic E-state index is 5.27. The fraction of sp³-hybridized carbons (Fsp3) is 0.583. The number of aromatic nitrogens is 3. The van der Waals surface area contributed by atoms with Crippen molar-refractivity contribution in [3.05, 3.63) is 16.8 Å². The average molecular weight is 264 g/mol. The summed E-state index contributed by atoms with van der Waals surface area (Å²) in [5, 5.41) is 9.28. The van der Waals surface area contributed by atoms with E-state index in [4.69, 9.17) is 4.52 Å². The minimum absolute atomic E-state index is 0.608. The summed E-state index contributed by atoms with van der Waals surface area (Å²) in [4.78, 5) is 8.56. The van der Waals surface area contributed by atoms with Crippen molar-refractivity contribution in [1.82, 2.24) is 20.4 Å². The number of piperidine rings is 1. The van der Waals surface area contributed by atoms with Crippen molar-refractivity contribution >= 4 is 11.3 Å². The Hall–Kier alpha value is -1.27. The number of thiazole rings is 1. The topological polar surface area (TPSA) is 63.8 Å². The monoisotopic (exact) mass is 264 g/mol. The van der Waals surface area contributed by atoms with Crippen LogP contribution in [0.4, 0.5) is 0 Å². The Bertz CT molecular complexity index is 476. The highest BCUT2D eigenvalue weighted by molar-refractivity contribution is 7.07. The number of rotatable bonds is 4. The minimum Gasteiger partial charge on any atom is -0.339 e. The van der Waals surface area contributed by atoms with Gasteiger partial charge in [-0.05, 0) is 38.3 Å². The third kappa shape index (κ3) is 2.76. The van der Waals surface area contributed by atoms with Crippen LogP contribution in [-0.4, -0.2) is 28.2 Å². The van der Waals surface area contributed by atoms with Crippen LogP contribution >= 0.6 is 11.3 Å². The quantitative estimate of drug-likeness (QED) is 0.916. The Morgan fingerprint density at radius 2 is 2.28 bits per heavy atom. The van der Waals surface area contributed by atoms with Crippen molar-refractivity contribution in [2.75, 3.05) is 13.1 Å². The Kier molecular flexibility index (Phi) is 3.66. The highest BCUT2D eigenvalue weighted by Crippen LogP contribution is 2.20. The van der Waals surface area contributed by atoms with Crippen molar-refractivity contribution in [3.8, 4) is 11.5 Å². The largest absolute Gasteiger partial charge is 0.339 e. The van der Waals surface area contributed by atoms with Crippen molar-refractivity contribution in [1.29, 1.82) is 0 Å². The summed E-state index contributed by atoms with van der Waals surface area (Å²) >= 11 is 1.54. The van der Waals surface area contributed by atoms with Crippen LogP contribution in [0.1, 0.15) is 25.2 Å². The molecule has 0 saturated carbocycles. The van der Waals surface area contributed by atoms with Crippen molar-refractivity contribution in [2.45, 2.75) is 25.7 Å². The van der Waals surface area contributed by atoms with Crippen LogP contribution in [0, 0.1) is 5.92 Å². The van der Waals surface area contributed by atoms with Crippen molar-refractivity contribution in [2.24, 2.45) is 5.92 Å². The summed E-state index contributed by atoms with van der Waals surface area (Å²) < 4.78 is 5.27. The van der Waals surface area contributed by atoms with E-state index in [1.54, 1.807) is 16.8 Å². The van der Waals surface area contributed by atoms with Gasteiger partial charge < -0.3 is 9.84 Å². The van der Waals surface area contributed by atoms with Gasteiger partial charge in [-0.25, -0.2) is 4.98 Å². The molecule has 0 atom stereocenters. The van der Waals surface area contributed by atoms with Gasteiger partial charge in [0.1, 0.15) is 5.69 Å². The summed E-state index contributed by atoms with van der Waals surface area (Å²) in [7, 11) is 0. The first-order valence-corrected chi connectivity index (χ1v) is 7.28. The number of nitrogens with zero attached hydrogens (tertiary/aromatic N) is 3. The van der Waals surface area contributed by atoms with E-state index in [2.05, 4.69) is 20.4 Å². The van der Waals surface area contributed by atoms with Gasteiger partial charge >= 0.3 is 0 Å². The molecule has 0 radical (unpaired) electrons. The predicted octanol–water partition coefficient (Wildman–Crippen LogP) is 2.13. The first-order chi connectivity index (χ1) is 8.92. The molecule has 18 heavy (non-hydrogen) atoms. The highest BCUT2D eigenvalue weighted by Gasteiger charge is 2.15. The highest BCUT2D eigenvalue weighted by atomic mass is 32.1. The van der Waals surface area contributed by atoms with E-state index in [-0.39, 0.29) is 0 Å². The smallest absolute Gasteiger partial charge is 0.227 e. The zero-order valence-electron chi connectivity index (χ0n) is 10.1. The van der Waals surface area contributed by atoms with E-state index >= 15 is 0 Å². The lowest BCUT2D eigenvalue weighted by atomic mass is 9.93. The number of hydrogen-bond donors (Lipinski definition) is 1. The van der Waals surface area contributed by atoms with Gasteiger partial charge in [-0.2, -0.15) is 4.98 Å².